The molecule has 1 aromatic carbocycles. The minimum Gasteiger partial charge on any atom is -0.497 e. The Morgan fingerprint density at radius 2 is 2.20 bits per heavy atom. The van der Waals surface area contributed by atoms with Crippen LogP contribution in [0.2, 0.25) is 0 Å². The van der Waals surface area contributed by atoms with Crippen LogP contribution in [0.4, 0.5) is 0 Å². The Morgan fingerprint density at radius 3 is 2.90 bits per heavy atom. The minimum atomic E-state index is -0.523. The van der Waals surface area contributed by atoms with Gasteiger partial charge in [0.2, 0.25) is 5.91 Å². The van der Waals surface area contributed by atoms with Gasteiger partial charge in [-0.15, -0.1) is 15.3 Å². The Morgan fingerprint density at radius 1 is 1.33 bits per heavy atom. The zero-order valence-corrected chi connectivity index (χ0v) is 17.5. The molecule has 2 unspecified atom stereocenters. The van der Waals surface area contributed by atoms with Gasteiger partial charge in [0.05, 0.1) is 7.11 Å². The summed E-state index contributed by atoms with van der Waals surface area (Å²) in [7, 11) is 3.57. The van der Waals surface area contributed by atoms with E-state index in [0.717, 1.165) is 30.0 Å². The SMILES string of the molecule is COc1cccc(CC(C(=O)N2CCCC(c3nncn3C)C2)n2nnnc2C)c1. The lowest BCUT2D eigenvalue weighted by molar-refractivity contribution is -0.136. The number of methoxy groups -OCH3 is 1. The van der Waals surface area contributed by atoms with Crippen molar-refractivity contribution in [1.82, 2.24) is 39.9 Å². The number of hydrogen-bond donors (Lipinski definition) is 0. The number of rotatable bonds is 6. The highest BCUT2D eigenvalue weighted by atomic mass is 16.5. The van der Waals surface area contributed by atoms with Gasteiger partial charge in [-0.2, -0.15) is 0 Å². The summed E-state index contributed by atoms with van der Waals surface area (Å²) in [5, 5.41) is 20.1. The number of likely N-dealkylation sites (tertiary alicyclic amines) is 1. The van der Waals surface area contributed by atoms with Crippen molar-refractivity contribution in [3.8, 4) is 5.75 Å². The number of amides is 1. The van der Waals surface area contributed by atoms with Crippen molar-refractivity contribution in [2.45, 2.75) is 38.1 Å². The molecule has 10 heteroatoms. The van der Waals surface area contributed by atoms with Gasteiger partial charge in [0, 0.05) is 32.5 Å². The second-order valence-corrected chi connectivity index (χ2v) is 7.67. The van der Waals surface area contributed by atoms with Crippen LogP contribution >= 0.6 is 0 Å². The highest BCUT2D eigenvalue weighted by Gasteiger charge is 2.33. The quantitative estimate of drug-likeness (QED) is 0.603. The van der Waals surface area contributed by atoms with E-state index < -0.39 is 6.04 Å². The van der Waals surface area contributed by atoms with Gasteiger partial charge in [-0.3, -0.25) is 4.79 Å². The van der Waals surface area contributed by atoms with Crippen LogP contribution in [-0.2, 0) is 18.3 Å². The summed E-state index contributed by atoms with van der Waals surface area (Å²) >= 11 is 0. The molecule has 2 aromatic heterocycles. The van der Waals surface area contributed by atoms with E-state index in [0.29, 0.717) is 25.3 Å². The van der Waals surface area contributed by atoms with E-state index >= 15 is 0 Å². The standard InChI is InChI=1S/C20H26N8O2/c1-14-22-24-25-28(14)18(11-15-6-4-8-17(10-15)30-3)20(29)27-9-5-7-16(12-27)19-23-21-13-26(19)2/h4,6,8,10,13,16,18H,5,7,9,11-12H2,1-3H3. The zero-order valence-electron chi connectivity index (χ0n) is 17.5. The molecule has 2 atom stereocenters. The molecule has 1 amide bonds. The van der Waals surface area contributed by atoms with Gasteiger partial charge in [0.15, 0.2) is 0 Å². The highest BCUT2D eigenvalue weighted by Crippen LogP contribution is 2.28. The topological polar surface area (TPSA) is 104 Å². The fraction of sp³-hybridized carbons (Fsp3) is 0.500. The van der Waals surface area contributed by atoms with E-state index in [9.17, 15) is 4.79 Å². The van der Waals surface area contributed by atoms with Crippen LogP contribution < -0.4 is 4.74 Å². The second kappa shape index (κ2) is 8.60. The maximum atomic E-state index is 13.6. The van der Waals surface area contributed by atoms with Crippen molar-refractivity contribution >= 4 is 5.91 Å². The molecule has 0 bridgehead atoms. The lowest BCUT2D eigenvalue weighted by atomic mass is 9.95. The Kier molecular flexibility index (Phi) is 5.73. The number of hydrogen-bond acceptors (Lipinski definition) is 7. The van der Waals surface area contributed by atoms with Gasteiger partial charge < -0.3 is 14.2 Å². The first-order chi connectivity index (χ1) is 14.6. The Labute approximate surface area is 174 Å². The Bertz CT molecular complexity index is 1010. The summed E-state index contributed by atoms with van der Waals surface area (Å²) in [4.78, 5) is 15.6. The first-order valence-electron chi connectivity index (χ1n) is 10.1. The van der Waals surface area contributed by atoms with Crippen LogP contribution in [0.5, 0.6) is 5.75 Å². The number of tetrazole rings is 1. The fourth-order valence-corrected chi connectivity index (χ4v) is 4.09. The summed E-state index contributed by atoms with van der Waals surface area (Å²) in [5.41, 5.74) is 0.990. The van der Waals surface area contributed by atoms with Gasteiger partial charge in [-0.1, -0.05) is 12.1 Å². The van der Waals surface area contributed by atoms with E-state index in [4.69, 9.17) is 4.74 Å². The van der Waals surface area contributed by atoms with Gasteiger partial charge in [0.25, 0.3) is 0 Å². The number of carbonyl (C=O) groups is 1. The molecule has 3 aromatic rings. The van der Waals surface area contributed by atoms with Crippen LogP contribution in [0.3, 0.4) is 0 Å². The van der Waals surface area contributed by atoms with Crippen molar-refractivity contribution in [1.29, 1.82) is 0 Å². The molecule has 1 aliphatic heterocycles. The van der Waals surface area contributed by atoms with Crippen LogP contribution in [0, 0.1) is 6.92 Å². The average molecular weight is 410 g/mol. The minimum absolute atomic E-state index is 0.0140. The molecule has 4 rings (SSSR count). The average Bonchev–Trinajstić information content (AvgIpc) is 3.39. The largest absolute Gasteiger partial charge is 0.497 e. The number of piperidine rings is 1. The van der Waals surface area contributed by atoms with Crippen molar-refractivity contribution in [3.05, 3.63) is 47.8 Å². The number of benzene rings is 1. The number of aryl methyl sites for hydroxylation is 2. The monoisotopic (exact) mass is 410 g/mol. The molecule has 1 aliphatic rings. The third kappa shape index (κ3) is 4.03. The highest BCUT2D eigenvalue weighted by molar-refractivity contribution is 5.81. The molecule has 0 saturated carbocycles. The first kappa shape index (κ1) is 20.0. The molecular weight excluding hydrogens is 384 g/mol. The molecule has 0 spiro atoms. The maximum Gasteiger partial charge on any atom is 0.247 e. The molecule has 0 radical (unpaired) electrons. The third-order valence-electron chi connectivity index (χ3n) is 5.65. The zero-order chi connectivity index (χ0) is 21.1. The van der Waals surface area contributed by atoms with Crippen LogP contribution in [0.25, 0.3) is 0 Å². The predicted molar refractivity (Wildman–Crippen MR) is 108 cm³/mol. The van der Waals surface area contributed by atoms with Crippen LogP contribution in [-0.4, -0.2) is 66.0 Å². The second-order valence-electron chi connectivity index (χ2n) is 7.67. The third-order valence-corrected chi connectivity index (χ3v) is 5.65. The Balaban J connectivity index is 1.59. The molecule has 3 heterocycles. The number of nitrogens with zero attached hydrogens (tertiary/aromatic N) is 8. The lowest BCUT2D eigenvalue weighted by Crippen LogP contribution is -2.44. The molecule has 1 fully saturated rings. The number of ether oxygens (including phenoxy) is 1. The lowest BCUT2D eigenvalue weighted by Gasteiger charge is -2.34. The summed E-state index contributed by atoms with van der Waals surface area (Å²) in [6, 6.07) is 7.22. The summed E-state index contributed by atoms with van der Waals surface area (Å²) < 4.78 is 8.88. The van der Waals surface area contributed by atoms with E-state index in [1.165, 1.54) is 0 Å². The normalized spacial score (nSPS) is 17.7. The summed E-state index contributed by atoms with van der Waals surface area (Å²) in [5.74, 6) is 2.46. The molecule has 1 saturated heterocycles. The predicted octanol–water partition coefficient (Wildman–Crippen LogP) is 1.31. The molecule has 30 heavy (non-hydrogen) atoms. The van der Waals surface area contributed by atoms with Crippen molar-refractivity contribution in [2.75, 3.05) is 20.2 Å². The van der Waals surface area contributed by atoms with Crippen LogP contribution in [0.15, 0.2) is 30.6 Å². The van der Waals surface area contributed by atoms with Crippen molar-refractivity contribution < 1.29 is 9.53 Å². The van der Waals surface area contributed by atoms with E-state index in [-0.39, 0.29) is 11.8 Å². The van der Waals surface area contributed by atoms with Gasteiger partial charge >= 0.3 is 0 Å². The summed E-state index contributed by atoms with van der Waals surface area (Å²) in [6.07, 6.45) is 4.09. The Hall–Kier alpha value is -3.30. The molecular formula is C20H26N8O2. The van der Waals surface area contributed by atoms with E-state index in [1.807, 2.05) is 47.7 Å². The van der Waals surface area contributed by atoms with Gasteiger partial charge in [-0.05, 0) is 47.9 Å². The van der Waals surface area contributed by atoms with Gasteiger partial charge in [0.1, 0.15) is 29.8 Å². The fourth-order valence-electron chi connectivity index (χ4n) is 4.09. The summed E-state index contributed by atoms with van der Waals surface area (Å²) in [6.45, 7) is 3.13. The smallest absolute Gasteiger partial charge is 0.247 e. The molecule has 0 aliphatic carbocycles. The number of carbonyl (C=O) groups excluding carboxylic acids is 1. The van der Waals surface area contributed by atoms with Crippen molar-refractivity contribution in [3.63, 3.8) is 0 Å². The number of aromatic nitrogens is 7. The van der Waals surface area contributed by atoms with E-state index in [1.54, 1.807) is 18.1 Å². The van der Waals surface area contributed by atoms with Gasteiger partial charge in [-0.25, -0.2) is 4.68 Å². The van der Waals surface area contributed by atoms with E-state index in [2.05, 4.69) is 25.7 Å². The molecule has 158 valence electrons. The molecule has 0 N–H and O–H groups in total. The molecule has 10 nitrogen and oxygen atoms in total. The maximum absolute atomic E-state index is 13.6. The first-order valence-corrected chi connectivity index (χ1v) is 10.1. The van der Waals surface area contributed by atoms with Crippen LogP contribution in [0.1, 0.15) is 42.0 Å². The van der Waals surface area contributed by atoms with Crippen molar-refractivity contribution in [2.24, 2.45) is 7.05 Å².